The molecule has 1 nitrogen and oxygen atoms in total. The third-order valence-electron chi connectivity index (χ3n) is 4.36. The third-order valence-corrected chi connectivity index (χ3v) is 4.36. The van der Waals surface area contributed by atoms with E-state index in [1.54, 1.807) is 0 Å². The number of rotatable bonds is 2. The lowest BCUT2D eigenvalue weighted by molar-refractivity contribution is 0.0334. The molecule has 1 fully saturated rings. The minimum atomic E-state index is 0.349. The van der Waals surface area contributed by atoms with Crippen LogP contribution in [-0.4, -0.2) is 11.7 Å². The fraction of sp³-hybridized carbons (Fsp3) is 1.00. The predicted molar refractivity (Wildman–Crippen MR) is 56.5 cm³/mol. The van der Waals surface area contributed by atoms with Crippen LogP contribution in [-0.2, 0) is 0 Å². The molecule has 0 spiro atoms. The molecule has 1 aliphatic rings. The summed E-state index contributed by atoms with van der Waals surface area (Å²) in [6.45, 7) is 9.75. The molecule has 0 amide bonds. The van der Waals surface area contributed by atoms with Gasteiger partial charge in [-0.2, -0.15) is 0 Å². The summed E-state index contributed by atoms with van der Waals surface area (Å²) in [6, 6.07) is 0. The Balaban J connectivity index is 2.64. The Bertz CT molecular complexity index is 167. The normalized spacial score (nSPS) is 46.4. The molecule has 0 aromatic heterocycles. The first-order chi connectivity index (χ1) is 5.99. The average molecular weight is 184 g/mol. The first-order valence-electron chi connectivity index (χ1n) is 5.60. The molecular formula is C12H24O. The van der Waals surface area contributed by atoms with E-state index in [0.717, 1.165) is 24.2 Å². The van der Waals surface area contributed by atoms with Crippen molar-refractivity contribution in [1.29, 1.82) is 0 Å². The molecule has 1 aliphatic carbocycles. The van der Waals surface area contributed by atoms with Crippen LogP contribution in [0.2, 0.25) is 0 Å². The Hall–Kier alpha value is -0.0400. The van der Waals surface area contributed by atoms with Crippen LogP contribution in [0, 0.1) is 23.2 Å². The van der Waals surface area contributed by atoms with Gasteiger partial charge in [-0.1, -0.05) is 27.7 Å². The van der Waals surface area contributed by atoms with E-state index in [-0.39, 0.29) is 0 Å². The molecule has 0 aliphatic heterocycles. The Labute approximate surface area is 82.5 Å². The van der Waals surface area contributed by atoms with Crippen LogP contribution in [0.3, 0.4) is 0 Å². The van der Waals surface area contributed by atoms with Crippen molar-refractivity contribution in [3.05, 3.63) is 0 Å². The van der Waals surface area contributed by atoms with Crippen LogP contribution >= 0.6 is 0 Å². The molecule has 13 heavy (non-hydrogen) atoms. The lowest BCUT2D eigenvalue weighted by atomic mass is 9.60. The van der Waals surface area contributed by atoms with Crippen molar-refractivity contribution in [2.75, 3.05) is 6.61 Å². The molecule has 78 valence electrons. The fourth-order valence-corrected chi connectivity index (χ4v) is 2.82. The zero-order valence-corrected chi connectivity index (χ0v) is 9.51. The maximum absolute atomic E-state index is 9.05. The quantitative estimate of drug-likeness (QED) is 0.699. The van der Waals surface area contributed by atoms with Crippen LogP contribution in [0.1, 0.15) is 47.0 Å². The molecule has 0 radical (unpaired) electrons. The molecule has 1 heteroatoms. The number of hydrogen-bond acceptors (Lipinski definition) is 1. The highest BCUT2D eigenvalue weighted by molar-refractivity contribution is 4.88. The number of aliphatic hydroxyl groups is 1. The van der Waals surface area contributed by atoms with Crippen LogP contribution in [0.5, 0.6) is 0 Å². The Morgan fingerprint density at radius 3 is 2.38 bits per heavy atom. The molecule has 0 aromatic carbocycles. The second kappa shape index (κ2) is 4.00. The van der Waals surface area contributed by atoms with Gasteiger partial charge in [0.15, 0.2) is 0 Å². The highest BCUT2D eigenvalue weighted by atomic mass is 16.3. The Morgan fingerprint density at radius 2 is 1.85 bits per heavy atom. The van der Waals surface area contributed by atoms with E-state index in [1.807, 2.05) is 0 Å². The van der Waals surface area contributed by atoms with Crippen LogP contribution in [0.25, 0.3) is 0 Å². The van der Waals surface area contributed by atoms with E-state index in [4.69, 9.17) is 5.11 Å². The van der Waals surface area contributed by atoms with Gasteiger partial charge in [0.1, 0.15) is 0 Å². The molecule has 0 saturated heterocycles. The van der Waals surface area contributed by atoms with Gasteiger partial charge in [-0.3, -0.25) is 0 Å². The summed E-state index contributed by atoms with van der Waals surface area (Å²) >= 11 is 0. The molecule has 4 atom stereocenters. The van der Waals surface area contributed by atoms with Gasteiger partial charge in [0.25, 0.3) is 0 Å². The second-order valence-corrected chi connectivity index (χ2v) is 5.42. The van der Waals surface area contributed by atoms with E-state index in [9.17, 15) is 0 Å². The van der Waals surface area contributed by atoms with Gasteiger partial charge in [-0.15, -0.1) is 0 Å². The molecular weight excluding hydrogens is 160 g/mol. The van der Waals surface area contributed by atoms with Crippen molar-refractivity contribution in [1.82, 2.24) is 0 Å². The van der Waals surface area contributed by atoms with E-state index in [0.29, 0.717) is 12.0 Å². The SMILES string of the molecule is CC1C[C@H](C)[C@@](C)(CCO)CC1C. The summed E-state index contributed by atoms with van der Waals surface area (Å²) in [5.41, 5.74) is 0.390. The van der Waals surface area contributed by atoms with E-state index in [1.165, 1.54) is 12.8 Å². The first-order valence-corrected chi connectivity index (χ1v) is 5.60. The summed E-state index contributed by atoms with van der Waals surface area (Å²) in [5, 5.41) is 9.05. The van der Waals surface area contributed by atoms with Crippen molar-refractivity contribution < 1.29 is 5.11 Å². The molecule has 1 N–H and O–H groups in total. The third kappa shape index (κ3) is 2.25. The van der Waals surface area contributed by atoms with Gasteiger partial charge in [-0.05, 0) is 42.4 Å². The Kier molecular flexibility index (Phi) is 3.39. The smallest absolute Gasteiger partial charge is 0.0436 e. The van der Waals surface area contributed by atoms with Gasteiger partial charge in [-0.25, -0.2) is 0 Å². The zero-order chi connectivity index (χ0) is 10.1. The lowest BCUT2D eigenvalue weighted by Gasteiger charge is -2.45. The largest absolute Gasteiger partial charge is 0.396 e. The molecule has 0 heterocycles. The fourth-order valence-electron chi connectivity index (χ4n) is 2.82. The van der Waals surface area contributed by atoms with Crippen molar-refractivity contribution >= 4 is 0 Å². The lowest BCUT2D eigenvalue weighted by Crippen LogP contribution is -2.36. The minimum Gasteiger partial charge on any atom is -0.396 e. The van der Waals surface area contributed by atoms with Gasteiger partial charge < -0.3 is 5.11 Å². The maximum Gasteiger partial charge on any atom is 0.0436 e. The maximum atomic E-state index is 9.05. The van der Waals surface area contributed by atoms with E-state index >= 15 is 0 Å². The number of aliphatic hydroxyl groups excluding tert-OH is 1. The van der Waals surface area contributed by atoms with Crippen molar-refractivity contribution in [2.24, 2.45) is 23.2 Å². The molecule has 1 saturated carbocycles. The van der Waals surface area contributed by atoms with Crippen LogP contribution in [0.4, 0.5) is 0 Å². The van der Waals surface area contributed by atoms with Gasteiger partial charge in [0.05, 0.1) is 0 Å². The summed E-state index contributed by atoms with van der Waals surface area (Å²) in [7, 11) is 0. The zero-order valence-electron chi connectivity index (χ0n) is 9.51. The van der Waals surface area contributed by atoms with Crippen LogP contribution in [0.15, 0.2) is 0 Å². The second-order valence-electron chi connectivity index (χ2n) is 5.42. The highest BCUT2D eigenvalue weighted by Crippen LogP contribution is 2.47. The predicted octanol–water partition coefficient (Wildman–Crippen LogP) is 3.08. The van der Waals surface area contributed by atoms with Crippen LogP contribution < -0.4 is 0 Å². The van der Waals surface area contributed by atoms with Gasteiger partial charge in [0.2, 0.25) is 0 Å². The molecule has 0 bridgehead atoms. The molecule has 1 rings (SSSR count). The summed E-state index contributed by atoms with van der Waals surface area (Å²) in [6.07, 6.45) is 3.60. The monoisotopic (exact) mass is 184 g/mol. The van der Waals surface area contributed by atoms with E-state index < -0.39 is 0 Å². The molecule has 2 unspecified atom stereocenters. The number of hydrogen-bond donors (Lipinski definition) is 1. The molecule has 0 aromatic rings. The first kappa shape index (κ1) is 11.0. The Morgan fingerprint density at radius 1 is 1.23 bits per heavy atom. The van der Waals surface area contributed by atoms with Crippen molar-refractivity contribution in [3.8, 4) is 0 Å². The standard InChI is InChI=1S/C12H24O/c1-9-7-11(3)12(4,5-6-13)8-10(9)2/h9-11,13H,5-8H2,1-4H3/t9?,10?,11-,12-/m0/s1. The average Bonchev–Trinajstić information content (AvgIpc) is 2.02. The van der Waals surface area contributed by atoms with Crippen molar-refractivity contribution in [2.45, 2.75) is 47.0 Å². The highest BCUT2D eigenvalue weighted by Gasteiger charge is 2.38. The van der Waals surface area contributed by atoms with E-state index in [2.05, 4.69) is 27.7 Å². The van der Waals surface area contributed by atoms with Gasteiger partial charge in [0, 0.05) is 6.61 Å². The van der Waals surface area contributed by atoms with Crippen molar-refractivity contribution in [3.63, 3.8) is 0 Å². The minimum absolute atomic E-state index is 0.349. The summed E-state index contributed by atoms with van der Waals surface area (Å²) in [4.78, 5) is 0. The topological polar surface area (TPSA) is 20.2 Å². The summed E-state index contributed by atoms with van der Waals surface area (Å²) in [5.74, 6) is 2.46. The summed E-state index contributed by atoms with van der Waals surface area (Å²) < 4.78 is 0. The van der Waals surface area contributed by atoms with Gasteiger partial charge >= 0.3 is 0 Å².